The summed E-state index contributed by atoms with van der Waals surface area (Å²) in [5.74, 6) is -0.619. The van der Waals surface area contributed by atoms with Crippen molar-refractivity contribution in [2.24, 2.45) is 0 Å². The maximum absolute atomic E-state index is 13.0. The van der Waals surface area contributed by atoms with Crippen molar-refractivity contribution < 1.29 is 9.50 Å². The zero-order chi connectivity index (χ0) is 10.2. The third-order valence-corrected chi connectivity index (χ3v) is 2.25. The van der Waals surface area contributed by atoms with E-state index >= 15 is 0 Å². The second kappa shape index (κ2) is 3.45. The Labute approximate surface area is 86.1 Å². The fourth-order valence-corrected chi connectivity index (χ4v) is 1.55. The summed E-state index contributed by atoms with van der Waals surface area (Å²) < 4.78 is 13.0. The molecule has 0 amide bonds. The van der Waals surface area contributed by atoms with Gasteiger partial charge in [-0.3, -0.25) is 0 Å². The van der Waals surface area contributed by atoms with Crippen molar-refractivity contribution in [2.45, 2.75) is 19.4 Å². The van der Waals surface area contributed by atoms with Crippen molar-refractivity contribution in [3.63, 3.8) is 0 Å². The van der Waals surface area contributed by atoms with E-state index in [0.717, 1.165) is 6.07 Å². The minimum Gasteiger partial charge on any atom is -0.386 e. The molecule has 0 aromatic heterocycles. The molecule has 1 rings (SSSR count). The Bertz CT molecular complexity index is 331. The van der Waals surface area contributed by atoms with E-state index < -0.39 is 11.4 Å². The van der Waals surface area contributed by atoms with Crippen LogP contribution in [-0.4, -0.2) is 5.11 Å². The zero-order valence-electron chi connectivity index (χ0n) is 7.24. The Morgan fingerprint density at radius 1 is 1.31 bits per heavy atom. The summed E-state index contributed by atoms with van der Waals surface area (Å²) >= 11 is 11.3. The summed E-state index contributed by atoms with van der Waals surface area (Å²) in [5, 5.41) is 9.74. The van der Waals surface area contributed by atoms with E-state index in [4.69, 9.17) is 23.2 Å². The predicted molar refractivity (Wildman–Crippen MR) is 51.7 cm³/mol. The molecule has 0 spiro atoms. The van der Waals surface area contributed by atoms with Crippen LogP contribution in [0, 0.1) is 5.82 Å². The molecule has 0 atom stereocenters. The summed E-state index contributed by atoms with van der Waals surface area (Å²) in [6.07, 6.45) is 0. The fraction of sp³-hybridized carbons (Fsp3) is 0.333. The van der Waals surface area contributed by atoms with Gasteiger partial charge in [-0.25, -0.2) is 4.39 Å². The van der Waals surface area contributed by atoms with Crippen LogP contribution in [0.4, 0.5) is 4.39 Å². The maximum atomic E-state index is 13.0. The van der Waals surface area contributed by atoms with Crippen molar-refractivity contribution >= 4 is 23.2 Å². The summed E-state index contributed by atoms with van der Waals surface area (Å²) in [5.41, 5.74) is -0.901. The Hall–Kier alpha value is -0.310. The first-order valence-corrected chi connectivity index (χ1v) is 4.45. The Morgan fingerprint density at radius 2 is 1.85 bits per heavy atom. The second-order valence-electron chi connectivity index (χ2n) is 3.31. The van der Waals surface area contributed by atoms with Crippen molar-refractivity contribution in [3.05, 3.63) is 33.6 Å². The molecule has 1 aromatic carbocycles. The van der Waals surface area contributed by atoms with Crippen molar-refractivity contribution in [1.82, 2.24) is 0 Å². The molecule has 1 aromatic rings. The van der Waals surface area contributed by atoms with Crippen molar-refractivity contribution in [2.75, 3.05) is 0 Å². The van der Waals surface area contributed by atoms with Crippen LogP contribution in [0.15, 0.2) is 12.1 Å². The molecule has 13 heavy (non-hydrogen) atoms. The maximum Gasteiger partial charge on any atom is 0.143 e. The van der Waals surface area contributed by atoms with Crippen molar-refractivity contribution in [3.8, 4) is 0 Å². The Balaban J connectivity index is 3.37. The topological polar surface area (TPSA) is 20.2 Å². The lowest BCUT2D eigenvalue weighted by Gasteiger charge is -2.19. The predicted octanol–water partition coefficient (Wildman–Crippen LogP) is 3.36. The molecule has 0 fully saturated rings. The molecule has 1 nitrogen and oxygen atoms in total. The Kier molecular flexibility index (Phi) is 2.85. The van der Waals surface area contributed by atoms with E-state index in [1.54, 1.807) is 0 Å². The van der Waals surface area contributed by atoms with Gasteiger partial charge in [0, 0.05) is 10.6 Å². The molecule has 0 saturated heterocycles. The highest BCUT2D eigenvalue weighted by atomic mass is 35.5. The summed E-state index contributed by atoms with van der Waals surface area (Å²) in [6, 6.07) is 2.56. The van der Waals surface area contributed by atoms with Crippen LogP contribution in [0.2, 0.25) is 10.0 Å². The average molecular weight is 223 g/mol. The second-order valence-corrected chi connectivity index (χ2v) is 4.12. The van der Waals surface area contributed by atoms with E-state index in [-0.39, 0.29) is 10.0 Å². The lowest BCUT2D eigenvalue weighted by Crippen LogP contribution is -2.16. The summed E-state index contributed by atoms with van der Waals surface area (Å²) in [6.45, 7) is 3.04. The molecule has 0 aliphatic carbocycles. The van der Waals surface area contributed by atoms with E-state index in [2.05, 4.69) is 0 Å². The zero-order valence-corrected chi connectivity index (χ0v) is 8.75. The lowest BCUT2D eigenvalue weighted by atomic mass is 9.98. The normalized spacial score (nSPS) is 11.8. The first-order chi connectivity index (χ1) is 5.82. The molecule has 4 heteroatoms. The smallest absolute Gasteiger partial charge is 0.143 e. The number of benzene rings is 1. The first-order valence-electron chi connectivity index (χ1n) is 3.70. The van der Waals surface area contributed by atoms with E-state index in [9.17, 15) is 9.50 Å². The van der Waals surface area contributed by atoms with Gasteiger partial charge in [0.2, 0.25) is 0 Å². The third-order valence-electron chi connectivity index (χ3n) is 1.65. The molecule has 0 aliphatic heterocycles. The van der Waals surface area contributed by atoms with Crippen LogP contribution < -0.4 is 0 Å². The van der Waals surface area contributed by atoms with Gasteiger partial charge in [-0.1, -0.05) is 23.2 Å². The fourth-order valence-electron chi connectivity index (χ4n) is 1.00. The molecule has 0 radical (unpaired) electrons. The van der Waals surface area contributed by atoms with Crippen LogP contribution in [0.25, 0.3) is 0 Å². The minimum atomic E-state index is -1.19. The molecular weight excluding hydrogens is 214 g/mol. The molecule has 72 valence electrons. The molecule has 0 unspecified atom stereocenters. The standard InChI is InChI=1S/C9H9Cl2FO/c1-9(2,13)6-3-5(10)4-7(12)8(6)11/h3-4,13H,1-2H3. The van der Waals surface area contributed by atoms with Gasteiger partial charge in [0.15, 0.2) is 0 Å². The SMILES string of the molecule is CC(C)(O)c1cc(Cl)cc(F)c1Cl. The van der Waals surface area contributed by atoms with E-state index in [1.165, 1.54) is 19.9 Å². The molecule has 1 N–H and O–H groups in total. The number of halogens is 3. The van der Waals surface area contributed by atoms with Gasteiger partial charge < -0.3 is 5.11 Å². The molecule has 0 heterocycles. The third kappa shape index (κ3) is 2.33. The van der Waals surface area contributed by atoms with Gasteiger partial charge in [-0.05, 0) is 26.0 Å². The number of rotatable bonds is 1. The molecule has 0 saturated carbocycles. The monoisotopic (exact) mass is 222 g/mol. The number of hydrogen-bond acceptors (Lipinski definition) is 1. The highest BCUT2D eigenvalue weighted by molar-refractivity contribution is 6.33. The van der Waals surface area contributed by atoms with Gasteiger partial charge in [-0.15, -0.1) is 0 Å². The van der Waals surface area contributed by atoms with Gasteiger partial charge in [0.1, 0.15) is 5.82 Å². The summed E-state index contributed by atoms with van der Waals surface area (Å²) in [4.78, 5) is 0. The first kappa shape index (κ1) is 10.8. The van der Waals surface area contributed by atoms with Crippen molar-refractivity contribution in [1.29, 1.82) is 0 Å². The van der Waals surface area contributed by atoms with Crippen LogP contribution in [0.5, 0.6) is 0 Å². The van der Waals surface area contributed by atoms with Gasteiger partial charge in [-0.2, -0.15) is 0 Å². The van der Waals surface area contributed by atoms with Gasteiger partial charge in [0.05, 0.1) is 10.6 Å². The number of aliphatic hydroxyl groups is 1. The van der Waals surface area contributed by atoms with E-state index in [0.29, 0.717) is 5.56 Å². The van der Waals surface area contributed by atoms with Crippen LogP contribution in [0.1, 0.15) is 19.4 Å². The number of hydrogen-bond donors (Lipinski definition) is 1. The highest BCUT2D eigenvalue weighted by Gasteiger charge is 2.22. The van der Waals surface area contributed by atoms with Gasteiger partial charge in [0.25, 0.3) is 0 Å². The van der Waals surface area contributed by atoms with Gasteiger partial charge >= 0.3 is 0 Å². The molecule has 0 aliphatic rings. The largest absolute Gasteiger partial charge is 0.386 e. The van der Waals surface area contributed by atoms with Crippen LogP contribution in [0.3, 0.4) is 0 Å². The highest BCUT2D eigenvalue weighted by Crippen LogP contribution is 2.32. The minimum absolute atomic E-state index is 0.0862. The van der Waals surface area contributed by atoms with Crippen LogP contribution in [-0.2, 0) is 5.60 Å². The Morgan fingerprint density at radius 3 is 2.31 bits per heavy atom. The van der Waals surface area contributed by atoms with E-state index in [1.807, 2.05) is 0 Å². The summed E-state index contributed by atoms with van der Waals surface area (Å²) in [7, 11) is 0. The molecule has 0 bridgehead atoms. The van der Waals surface area contributed by atoms with Crippen LogP contribution >= 0.6 is 23.2 Å². The average Bonchev–Trinajstić information content (AvgIpc) is 1.94. The molecular formula is C9H9Cl2FO. The lowest BCUT2D eigenvalue weighted by molar-refractivity contribution is 0.0784. The quantitative estimate of drug-likeness (QED) is 0.723.